The van der Waals surface area contributed by atoms with Gasteiger partial charge in [-0.05, 0) is 40.8 Å². The third kappa shape index (κ3) is 6.42. The Balaban J connectivity index is 1.29. The van der Waals surface area contributed by atoms with Crippen LogP contribution in [0.2, 0.25) is 0 Å². The Hall–Kier alpha value is -5.02. The largest absolute Gasteiger partial charge is 0.478 e. The van der Waals surface area contributed by atoms with Gasteiger partial charge in [0.1, 0.15) is 12.6 Å². The van der Waals surface area contributed by atoms with E-state index in [-0.39, 0.29) is 30.4 Å². The summed E-state index contributed by atoms with van der Waals surface area (Å²) < 4.78 is 11.6. The fourth-order valence-corrected chi connectivity index (χ4v) is 4.91. The normalized spacial score (nSPS) is 13.4. The highest BCUT2D eigenvalue weighted by atomic mass is 16.5. The number of pyridine rings is 1. The molecule has 4 aromatic rings. The summed E-state index contributed by atoms with van der Waals surface area (Å²) in [4.78, 5) is 41.6. The van der Waals surface area contributed by atoms with Gasteiger partial charge in [-0.15, -0.1) is 0 Å². The van der Waals surface area contributed by atoms with Crippen LogP contribution in [0.5, 0.6) is 0 Å². The minimum Gasteiger partial charge on any atom is -0.478 e. The van der Waals surface area contributed by atoms with E-state index in [0.29, 0.717) is 0 Å². The molecule has 0 aliphatic heterocycles. The number of nitrogens with zero attached hydrogens (tertiary/aromatic N) is 1. The summed E-state index contributed by atoms with van der Waals surface area (Å²) in [6, 6.07) is 25.6. The number of hydrogen-bond donors (Lipinski definition) is 3. The summed E-state index contributed by atoms with van der Waals surface area (Å²) in [5, 5.41) is 14.5. The van der Waals surface area contributed by atoms with Gasteiger partial charge < -0.3 is 25.2 Å². The highest BCUT2D eigenvalue weighted by molar-refractivity contribution is 5.98. The van der Waals surface area contributed by atoms with Gasteiger partial charge in [-0.25, -0.2) is 9.59 Å². The van der Waals surface area contributed by atoms with Crippen molar-refractivity contribution in [3.63, 3.8) is 0 Å². The lowest BCUT2D eigenvalue weighted by atomic mass is 9.98. The van der Waals surface area contributed by atoms with Gasteiger partial charge in [0.2, 0.25) is 5.91 Å². The van der Waals surface area contributed by atoms with Crippen molar-refractivity contribution < 1.29 is 29.0 Å². The average Bonchev–Trinajstić information content (AvgIpc) is 3.31. The van der Waals surface area contributed by atoms with Crippen molar-refractivity contribution in [2.45, 2.75) is 31.6 Å². The fourth-order valence-electron chi connectivity index (χ4n) is 4.91. The molecule has 0 saturated carbocycles. The van der Waals surface area contributed by atoms with Gasteiger partial charge in [0.05, 0.1) is 30.2 Å². The van der Waals surface area contributed by atoms with Gasteiger partial charge in [0, 0.05) is 12.1 Å². The van der Waals surface area contributed by atoms with E-state index in [2.05, 4.69) is 27.8 Å². The second kappa shape index (κ2) is 12.4. The number of alkyl carbamates (subject to hydrolysis) is 1. The summed E-state index contributed by atoms with van der Waals surface area (Å²) in [5.74, 6) is -1.93. The summed E-state index contributed by atoms with van der Waals surface area (Å²) in [7, 11) is 0. The number of hydrogen-bond acceptors (Lipinski definition) is 6. The second-order valence-corrected chi connectivity index (χ2v) is 9.71. The van der Waals surface area contributed by atoms with Crippen LogP contribution in [-0.4, -0.2) is 46.8 Å². The number of rotatable bonds is 10. The van der Waals surface area contributed by atoms with E-state index >= 15 is 0 Å². The monoisotopic (exact) mass is 551 g/mol. The zero-order valence-corrected chi connectivity index (χ0v) is 22.3. The van der Waals surface area contributed by atoms with Crippen molar-refractivity contribution in [2.24, 2.45) is 0 Å². The van der Waals surface area contributed by atoms with Crippen molar-refractivity contribution in [1.29, 1.82) is 0 Å². The summed E-state index contributed by atoms with van der Waals surface area (Å²) in [6.45, 7) is 1.97. The maximum atomic E-state index is 13.3. The SMILES string of the molecule is CC(OCc1ccccc1)C(NC(=O)OCC1c2ccccc2-c2ccccc21)C(=O)Nc1cncc(C(=O)O)c1. The lowest BCUT2D eigenvalue weighted by molar-refractivity contribution is -0.121. The predicted octanol–water partition coefficient (Wildman–Crippen LogP) is 5.23. The van der Waals surface area contributed by atoms with Crippen LogP contribution >= 0.6 is 0 Å². The molecule has 1 aromatic heterocycles. The first kappa shape index (κ1) is 27.5. The Morgan fingerprint density at radius 3 is 2.20 bits per heavy atom. The zero-order valence-electron chi connectivity index (χ0n) is 22.3. The van der Waals surface area contributed by atoms with Crippen molar-refractivity contribution >= 4 is 23.7 Å². The Morgan fingerprint density at radius 1 is 0.902 bits per heavy atom. The number of benzene rings is 3. The second-order valence-electron chi connectivity index (χ2n) is 9.71. The molecule has 0 saturated heterocycles. The average molecular weight is 552 g/mol. The van der Waals surface area contributed by atoms with Crippen LogP contribution in [0.15, 0.2) is 97.3 Å². The van der Waals surface area contributed by atoms with Crippen molar-refractivity contribution in [3.05, 3.63) is 120 Å². The summed E-state index contributed by atoms with van der Waals surface area (Å²) >= 11 is 0. The molecule has 2 amide bonds. The fraction of sp³-hybridized carbons (Fsp3) is 0.188. The molecule has 0 bridgehead atoms. The van der Waals surface area contributed by atoms with E-state index in [1.54, 1.807) is 6.92 Å². The number of carboxylic acid groups (broad SMARTS) is 1. The Kier molecular flexibility index (Phi) is 8.36. The van der Waals surface area contributed by atoms with E-state index in [0.717, 1.165) is 27.8 Å². The minimum absolute atomic E-state index is 0.0814. The topological polar surface area (TPSA) is 127 Å². The molecule has 2 unspecified atom stereocenters. The quantitative estimate of drug-likeness (QED) is 0.246. The van der Waals surface area contributed by atoms with Crippen LogP contribution in [-0.2, 0) is 20.9 Å². The predicted molar refractivity (Wildman–Crippen MR) is 153 cm³/mol. The van der Waals surface area contributed by atoms with Gasteiger partial charge in [-0.1, -0.05) is 78.9 Å². The van der Waals surface area contributed by atoms with E-state index < -0.39 is 30.1 Å². The first-order valence-electron chi connectivity index (χ1n) is 13.2. The molecule has 5 rings (SSSR count). The number of nitrogens with one attached hydrogen (secondary N) is 2. The van der Waals surface area contributed by atoms with Gasteiger partial charge in [-0.3, -0.25) is 9.78 Å². The van der Waals surface area contributed by atoms with Gasteiger partial charge in [0.15, 0.2) is 0 Å². The lowest BCUT2D eigenvalue weighted by Crippen LogP contribution is -2.51. The molecular formula is C32H29N3O6. The number of carbonyl (C=O) groups is 3. The highest BCUT2D eigenvalue weighted by Gasteiger charge is 2.32. The van der Waals surface area contributed by atoms with Crippen molar-refractivity contribution in [3.8, 4) is 11.1 Å². The molecule has 1 aliphatic rings. The van der Waals surface area contributed by atoms with Crippen LogP contribution in [0.3, 0.4) is 0 Å². The molecule has 3 N–H and O–H groups in total. The molecule has 3 aromatic carbocycles. The first-order valence-corrected chi connectivity index (χ1v) is 13.2. The molecule has 41 heavy (non-hydrogen) atoms. The maximum Gasteiger partial charge on any atom is 0.407 e. The van der Waals surface area contributed by atoms with E-state index in [9.17, 15) is 19.5 Å². The molecule has 9 heteroatoms. The molecular weight excluding hydrogens is 522 g/mol. The molecule has 2 atom stereocenters. The standard InChI is InChI=1S/C32H29N3O6/c1-20(40-18-21-9-3-2-4-10-21)29(30(36)34-23-15-22(31(37)38)16-33-17-23)35-32(39)41-19-28-26-13-7-5-11-24(26)25-12-6-8-14-27(25)28/h2-17,20,28-29H,18-19H2,1H3,(H,34,36)(H,35,39)(H,37,38). The highest BCUT2D eigenvalue weighted by Crippen LogP contribution is 2.44. The number of amides is 2. The number of anilines is 1. The van der Waals surface area contributed by atoms with Gasteiger partial charge >= 0.3 is 12.1 Å². The van der Waals surface area contributed by atoms with Crippen molar-refractivity contribution in [2.75, 3.05) is 11.9 Å². The number of carbonyl (C=O) groups excluding carboxylic acids is 2. The smallest absolute Gasteiger partial charge is 0.407 e. The number of aromatic nitrogens is 1. The van der Waals surface area contributed by atoms with E-state index in [1.165, 1.54) is 18.5 Å². The summed E-state index contributed by atoms with van der Waals surface area (Å²) in [6.07, 6.45) is 0.964. The zero-order chi connectivity index (χ0) is 28.8. The van der Waals surface area contributed by atoms with Gasteiger partial charge in [-0.2, -0.15) is 0 Å². The summed E-state index contributed by atoms with van der Waals surface area (Å²) in [5.41, 5.74) is 5.34. The van der Waals surface area contributed by atoms with Crippen molar-refractivity contribution in [1.82, 2.24) is 10.3 Å². The van der Waals surface area contributed by atoms with E-state index in [1.807, 2.05) is 66.7 Å². The molecule has 9 nitrogen and oxygen atoms in total. The Labute approximate surface area is 237 Å². The van der Waals surface area contributed by atoms with Crippen LogP contribution in [0.4, 0.5) is 10.5 Å². The Morgan fingerprint density at radius 2 is 1.54 bits per heavy atom. The molecule has 1 heterocycles. The first-order chi connectivity index (χ1) is 19.9. The maximum absolute atomic E-state index is 13.3. The van der Waals surface area contributed by atoms with Crippen LogP contribution in [0.25, 0.3) is 11.1 Å². The van der Waals surface area contributed by atoms with Crippen LogP contribution < -0.4 is 10.6 Å². The van der Waals surface area contributed by atoms with Crippen LogP contribution in [0.1, 0.15) is 39.9 Å². The lowest BCUT2D eigenvalue weighted by Gasteiger charge is -2.25. The molecule has 0 fully saturated rings. The third-order valence-corrected chi connectivity index (χ3v) is 6.98. The van der Waals surface area contributed by atoms with Crippen LogP contribution in [0, 0.1) is 0 Å². The van der Waals surface area contributed by atoms with Gasteiger partial charge in [0.25, 0.3) is 0 Å². The van der Waals surface area contributed by atoms with E-state index in [4.69, 9.17) is 9.47 Å². The Bertz CT molecular complexity index is 1510. The molecule has 0 radical (unpaired) electrons. The molecule has 1 aliphatic carbocycles. The molecule has 208 valence electrons. The number of aromatic carboxylic acids is 1. The number of carboxylic acids is 1. The number of ether oxygens (including phenoxy) is 2. The molecule has 0 spiro atoms. The third-order valence-electron chi connectivity index (χ3n) is 6.98. The number of fused-ring (bicyclic) bond motifs is 3. The minimum atomic E-state index is -1.18.